The van der Waals surface area contributed by atoms with Gasteiger partial charge in [0.15, 0.2) is 16.8 Å². The number of nitrogens with zero attached hydrogens (tertiary/aromatic N) is 4. The van der Waals surface area contributed by atoms with Crippen LogP contribution >= 0.6 is 11.8 Å². The molecule has 0 unspecified atom stereocenters. The fourth-order valence-electron chi connectivity index (χ4n) is 2.57. The molecule has 5 nitrogen and oxygen atoms in total. The van der Waals surface area contributed by atoms with Gasteiger partial charge in [-0.25, -0.2) is 0 Å². The quantitative estimate of drug-likeness (QED) is 0.245. The van der Waals surface area contributed by atoms with Crippen LogP contribution < -0.4 is 0 Å². The SMILES string of the molecule is C=CCn1c(SCCCC(=O)c2ccccc2)nnc1-c1ccncc1. The van der Waals surface area contributed by atoms with Crippen molar-refractivity contribution in [2.75, 3.05) is 5.75 Å². The smallest absolute Gasteiger partial charge is 0.191 e. The summed E-state index contributed by atoms with van der Waals surface area (Å²) in [6.07, 6.45) is 6.64. The van der Waals surface area contributed by atoms with Crippen LogP contribution in [0.2, 0.25) is 0 Å². The molecule has 2 heterocycles. The first-order valence-corrected chi connectivity index (χ1v) is 9.43. The first-order chi connectivity index (χ1) is 12.8. The van der Waals surface area contributed by atoms with Crippen LogP contribution in [0.5, 0.6) is 0 Å². The van der Waals surface area contributed by atoms with Gasteiger partial charge in [0.1, 0.15) is 0 Å². The lowest BCUT2D eigenvalue weighted by Gasteiger charge is -2.07. The number of benzene rings is 1. The minimum Gasteiger partial charge on any atom is -0.298 e. The number of Topliss-reactive ketones (excluding diaryl/α,β-unsaturated/α-hetero) is 1. The van der Waals surface area contributed by atoms with Gasteiger partial charge < -0.3 is 0 Å². The maximum Gasteiger partial charge on any atom is 0.191 e. The molecule has 0 saturated heterocycles. The number of pyridine rings is 1. The summed E-state index contributed by atoms with van der Waals surface area (Å²) in [7, 11) is 0. The Bertz CT molecular complexity index is 862. The Hall–Kier alpha value is -2.73. The van der Waals surface area contributed by atoms with E-state index >= 15 is 0 Å². The zero-order valence-corrected chi connectivity index (χ0v) is 15.2. The number of thioether (sulfide) groups is 1. The van der Waals surface area contributed by atoms with Gasteiger partial charge in [0.25, 0.3) is 0 Å². The Labute approximate surface area is 157 Å². The summed E-state index contributed by atoms with van der Waals surface area (Å²) in [5.41, 5.74) is 1.74. The minimum absolute atomic E-state index is 0.177. The molecule has 3 aromatic rings. The van der Waals surface area contributed by atoms with E-state index in [1.54, 1.807) is 24.2 Å². The summed E-state index contributed by atoms with van der Waals surface area (Å²) in [5.74, 6) is 1.79. The number of carbonyl (C=O) groups excluding carboxylic acids is 1. The van der Waals surface area contributed by atoms with Gasteiger partial charge in [-0.05, 0) is 18.6 Å². The number of aromatic nitrogens is 4. The Kier molecular flexibility index (Phi) is 6.33. The fraction of sp³-hybridized carbons (Fsp3) is 0.200. The highest BCUT2D eigenvalue weighted by molar-refractivity contribution is 7.99. The molecule has 0 fully saturated rings. The van der Waals surface area contributed by atoms with Crippen molar-refractivity contribution < 1.29 is 4.79 Å². The lowest BCUT2D eigenvalue weighted by atomic mass is 10.1. The molecule has 0 bridgehead atoms. The van der Waals surface area contributed by atoms with Crippen LogP contribution in [0, 0.1) is 0 Å². The number of allylic oxidation sites excluding steroid dienone is 1. The van der Waals surface area contributed by atoms with Crippen LogP contribution in [-0.4, -0.2) is 31.3 Å². The van der Waals surface area contributed by atoms with E-state index in [-0.39, 0.29) is 5.78 Å². The summed E-state index contributed by atoms with van der Waals surface area (Å²) in [6.45, 7) is 4.46. The normalized spacial score (nSPS) is 10.6. The van der Waals surface area contributed by atoms with Crippen LogP contribution in [0.3, 0.4) is 0 Å². The summed E-state index contributed by atoms with van der Waals surface area (Å²) in [4.78, 5) is 16.2. The number of rotatable bonds is 9. The second-order valence-corrected chi connectivity index (χ2v) is 6.74. The molecule has 0 spiro atoms. The Morgan fingerprint density at radius 1 is 1.12 bits per heavy atom. The zero-order valence-electron chi connectivity index (χ0n) is 14.4. The van der Waals surface area contributed by atoms with Crippen molar-refractivity contribution in [2.45, 2.75) is 24.5 Å². The predicted molar refractivity (Wildman–Crippen MR) is 104 cm³/mol. The molecule has 0 N–H and O–H groups in total. The summed E-state index contributed by atoms with van der Waals surface area (Å²) < 4.78 is 2.03. The second kappa shape index (κ2) is 9.10. The molecule has 1 aromatic carbocycles. The Balaban J connectivity index is 1.60. The lowest BCUT2D eigenvalue weighted by molar-refractivity contribution is 0.0982. The summed E-state index contributed by atoms with van der Waals surface area (Å²) in [5, 5.41) is 9.46. The molecule has 0 aliphatic carbocycles. The molecule has 2 aromatic heterocycles. The third kappa shape index (κ3) is 4.46. The number of hydrogen-bond acceptors (Lipinski definition) is 5. The molecule has 0 radical (unpaired) electrons. The van der Waals surface area contributed by atoms with Crippen molar-refractivity contribution in [2.24, 2.45) is 0 Å². The highest BCUT2D eigenvalue weighted by Gasteiger charge is 2.13. The van der Waals surface area contributed by atoms with Crippen molar-refractivity contribution in [3.63, 3.8) is 0 Å². The molecular weight excluding hydrogens is 344 g/mol. The second-order valence-electron chi connectivity index (χ2n) is 5.68. The van der Waals surface area contributed by atoms with Gasteiger partial charge in [-0.15, -0.1) is 16.8 Å². The highest BCUT2D eigenvalue weighted by atomic mass is 32.2. The van der Waals surface area contributed by atoms with E-state index in [1.807, 2.05) is 53.1 Å². The van der Waals surface area contributed by atoms with Gasteiger partial charge in [-0.2, -0.15) is 0 Å². The highest BCUT2D eigenvalue weighted by Crippen LogP contribution is 2.24. The lowest BCUT2D eigenvalue weighted by Crippen LogP contribution is -2.02. The van der Waals surface area contributed by atoms with Crippen molar-refractivity contribution in [3.05, 3.63) is 73.1 Å². The van der Waals surface area contributed by atoms with Gasteiger partial charge >= 0.3 is 0 Å². The summed E-state index contributed by atoms with van der Waals surface area (Å²) >= 11 is 1.61. The minimum atomic E-state index is 0.177. The maximum atomic E-state index is 12.2. The number of hydrogen-bond donors (Lipinski definition) is 0. The van der Waals surface area contributed by atoms with E-state index in [0.717, 1.165) is 34.3 Å². The molecule has 132 valence electrons. The monoisotopic (exact) mass is 364 g/mol. The maximum absolute atomic E-state index is 12.2. The van der Waals surface area contributed by atoms with Gasteiger partial charge in [0.2, 0.25) is 0 Å². The largest absolute Gasteiger partial charge is 0.298 e. The van der Waals surface area contributed by atoms with Crippen molar-refractivity contribution >= 4 is 17.5 Å². The molecular formula is C20H20N4OS. The molecule has 6 heteroatoms. The van der Waals surface area contributed by atoms with Gasteiger partial charge in [0.05, 0.1) is 0 Å². The van der Waals surface area contributed by atoms with E-state index in [0.29, 0.717) is 13.0 Å². The molecule has 26 heavy (non-hydrogen) atoms. The summed E-state index contributed by atoms with van der Waals surface area (Å²) in [6, 6.07) is 13.2. The van der Waals surface area contributed by atoms with E-state index in [9.17, 15) is 4.79 Å². The first-order valence-electron chi connectivity index (χ1n) is 8.45. The molecule has 0 amide bonds. The van der Waals surface area contributed by atoms with E-state index in [2.05, 4.69) is 21.8 Å². The molecule has 3 rings (SSSR count). The van der Waals surface area contributed by atoms with Gasteiger partial charge in [-0.3, -0.25) is 14.3 Å². The van der Waals surface area contributed by atoms with Crippen LogP contribution in [-0.2, 0) is 6.54 Å². The van der Waals surface area contributed by atoms with Crippen LogP contribution in [0.1, 0.15) is 23.2 Å². The van der Waals surface area contributed by atoms with Crippen LogP contribution in [0.25, 0.3) is 11.4 Å². The van der Waals surface area contributed by atoms with E-state index in [4.69, 9.17) is 0 Å². The average molecular weight is 364 g/mol. The predicted octanol–water partition coefficient (Wildman–Crippen LogP) is 4.28. The average Bonchev–Trinajstić information content (AvgIpc) is 3.09. The molecule has 0 aliphatic heterocycles. The van der Waals surface area contributed by atoms with E-state index < -0.39 is 0 Å². The van der Waals surface area contributed by atoms with Gasteiger partial charge in [-0.1, -0.05) is 48.2 Å². The fourth-order valence-corrected chi connectivity index (χ4v) is 3.45. The van der Waals surface area contributed by atoms with Crippen molar-refractivity contribution in [1.82, 2.24) is 19.7 Å². The zero-order chi connectivity index (χ0) is 18.2. The molecule has 0 aliphatic rings. The van der Waals surface area contributed by atoms with Gasteiger partial charge in [0, 0.05) is 42.2 Å². The third-order valence-corrected chi connectivity index (χ3v) is 4.90. The Morgan fingerprint density at radius 3 is 2.62 bits per heavy atom. The van der Waals surface area contributed by atoms with E-state index in [1.165, 1.54) is 0 Å². The standard InChI is InChI=1S/C20H20N4OS/c1-2-14-24-19(17-10-12-21-13-11-17)22-23-20(24)26-15-6-9-18(25)16-7-4-3-5-8-16/h2-5,7-8,10-13H,1,6,9,14-15H2. The number of ketones is 1. The van der Waals surface area contributed by atoms with Crippen LogP contribution in [0.15, 0.2) is 72.7 Å². The Morgan fingerprint density at radius 2 is 1.88 bits per heavy atom. The molecule has 0 saturated carbocycles. The first kappa shape index (κ1) is 18.1. The molecule has 0 atom stereocenters. The van der Waals surface area contributed by atoms with Crippen molar-refractivity contribution in [3.8, 4) is 11.4 Å². The topological polar surface area (TPSA) is 60.7 Å². The number of carbonyl (C=O) groups is 1. The van der Waals surface area contributed by atoms with Crippen molar-refractivity contribution in [1.29, 1.82) is 0 Å². The third-order valence-electron chi connectivity index (χ3n) is 3.84. The van der Waals surface area contributed by atoms with Crippen LogP contribution in [0.4, 0.5) is 0 Å².